The number of hydrogen-bond donors (Lipinski definition) is 2. The number of unbranched alkanes of at least 4 members (excludes halogenated alkanes) is 3. The summed E-state index contributed by atoms with van der Waals surface area (Å²) in [5.41, 5.74) is 13.0. The molecule has 0 unspecified atom stereocenters. The minimum absolute atomic E-state index is 0.0343. The largest absolute Gasteiger partial charge is 0.463 e. The monoisotopic (exact) mass is 612 g/mol. The summed E-state index contributed by atoms with van der Waals surface area (Å²) in [5, 5.41) is 0. The smallest absolute Gasteiger partial charge is 0.400 e. The summed E-state index contributed by atoms with van der Waals surface area (Å²) in [6.45, 7) is 0.454. The average Bonchev–Trinajstić information content (AvgIpc) is 2.92. The second-order valence-electron chi connectivity index (χ2n) is 10.7. The van der Waals surface area contributed by atoms with Gasteiger partial charge in [-0.3, -0.25) is 0 Å². The topological polar surface area (TPSA) is 114 Å². The molecule has 1 aliphatic carbocycles. The molecule has 0 spiro atoms. The third kappa shape index (κ3) is 12.1. The lowest BCUT2D eigenvalue weighted by molar-refractivity contribution is -0.225. The number of carbonyl (C=O) groups excluding carboxylic acids is 2. The molecule has 1 fully saturated rings. The van der Waals surface area contributed by atoms with E-state index in [0.29, 0.717) is 35.3 Å². The number of carbonyl (C=O) groups is 2. The van der Waals surface area contributed by atoms with Gasteiger partial charge in [0.25, 0.3) is 0 Å². The second-order valence-corrected chi connectivity index (χ2v) is 10.7. The maximum absolute atomic E-state index is 14.6. The molecule has 0 saturated heterocycles. The predicted octanol–water partition coefficient (Wildman–Crippen LogP) is 7.56. The highest BCUT2D eigenvalue weighted by Gasteiger charge is 2.45. The third-order valence-electron chi connectivity index (χ3n) is 7.12. The normalized spacial score (nSPS) is 17.5. The van der Waals surface area contributed by atoms with Crippen LogP contribution in [0.15, 0.2) is 48.5 Å². The number of halogens is 5. The van der Waals surface area contributed by atoms with Gasteiger partial charge in [-0.25, -0.2) is 9.59 Å². The van der Waals surface area contributed by atoms with Gasteiger partial charge in [0.1, 0.15) is 5.75 Å². The highest BCUT2D eigenvalue weighted by atomic mass is 19.4. The van der Waals surface area contributed by atoms with Crippen molar-refractivity contribution in [2.45, 2.75) is 70.1 Å². The molecule has 2 aromatic carbocycles. The number of ether oxygens (including phenoxy) is 3. The Morgan fingerprint density at radius 1 is 0.814 bits per heavy atom. The van der Waals surface area contributed by atoms with Gasteiger partial charge < -0.3 is 25.7 Å². The van der Waals surface area contributed by atoms with Crippen molar-refractivity contribution in [2.75, 3.05) is 24.7 Å². The molecule has 43 heavy (non-hydrogen) atoms. The van der Waals surface area contributed by atoms with Crippen LogP contribution in [0.4, 0.5) is 33.3 Å². The fourth-order valence-corrected chi connectivity index (χ4v) is 4.90. The van der Waals surface area contributed by atoms with Gasteiger partial charge in [0.2, 0.25) is 0 Å². The maximum atomic E-state index is 14.6. The summed E-state index contributed by atoms with van der Waals surface area (Å²) >= 11 is 0. The Hall–Kier alpha value is -3.83. The minimum atomic E-state index is -4.29. The quantitative estimate of drug-likeness (QED) is 0.0744. The van der Waals surface area contributed by atoms with E-state index in [0.717, 1.165) is 12.8 Å². The summed E-state index contributed by atoms with van der Waals surface area (Å²) in [5.74, 6) is -2.90. The fraction of sp³-hybridized carbons (Fsp3) is 0.484. The summed E-state index contributed by atoms with van der Waals surface area (Å²) in [6, 6.07) is 10.2. The predicted molar refractivity (Wildman–Crippen MR) is 152 cm³/mol. The molecular weight excluding hydrogens is 575 g/mol. The van der Waals surface area contributed by atoms with Gasteiger partial charge in [0.15, 0.2) is 0 Å². The van der Waals surface area contributed by atoms with Gasteiger partial charge in [0.05, 0.1) is 24.7 Å². The Balaban J connectivity index is 1.28. The number of nitrogen functional groups attached to an aromatic ring is 2. The highest BCUT2D eigenvalue weighted by Crippen LogP contribution is 2.42. The first-order chi connectivity index (χ1) is 20.3. The number of anilines is 2. The van der Waals surface area contributed by atoms with E-state index in [1.54, 1.807) is 6.07 Å². The van der Waals surface area contributed by atoms with E-state index in [1.807, 2.05) is 0 Å². The van der Waals surface area contributed by atoms with Crippen molar-refractivity contribution in [1.29, 1.82) is 0 Å². The zero-order valence-electron chi connectivity index (χ0n) is 23.7. The van der Waals surface area contributed by atoms with Gasteiger partial charge >= 0.3 is 24.2 Å². The van der Waals surface area contributed by atoms with Crippen molar-refractivity contribution in [3.8, 4) is 5.75 Å². The Bertz CT molecular complexity index is 1210. The van der Waals surface area contributed by atoms with Crippen LogP contribution < -0.4 is 16.2 Å². The molecule has 2 aromatic rings. The molecule has 0 bridgehead atoms. The lowest BCUT2D eigenvalue weighted by Gasteiger charge is -2.33. The lowest BCUT2D eigenvalue weighted by atomic mass is 9.80. The van der Waals surface area contributed by atoms with Crippen LogP contribution in [-0.4, -0.2) is 37.4 Å². The van der Waals surface area contributed by atoms with Crippen LogP contribution in [-0.2, 0) is 14.3 Å². The van der Waals surface area contributed by atoms with Crippen LogP contribution >= 0.6 is 0 Å². The van der Waals surface area contributed by atoms with Crippen molar-refractivity contribution in [3.63, 3.8) is 0 Å². The fourth-order valence-electron chi connectivity index (χ4n) is 4.90. The Morgan fingerprint density at radius 3 is 1.98 bits per heavy atom. The van der Waals surface area contributed by atoms with Gasteiger partial charge in [-0.2, -0.15) is 22.0 Å². The summed E-state index contributed by atoms with van der Waals surface area (Å²) in [6.07, 6.45) is -3.12. The highest BCUT2D eigenvalue weighted by molar-refractivity contribution is 5.91. The van der Waals surface area contributed by atoms with Crippen LogP contribution in [0.1, 0.15) is 73.7 Å². The molecule has 236 valence electrons. The minimum Gasteiger partial charge on any atom is -0.463 e. The summed E-state index contributed by atoms with van der Waals surface area (Å²) in [4.78, 5) is 24.0. The number of esters is 2. The van der Waals surface area contributed by atoms with E-state index in [2.05, 4.69) is 0 Å². The molecule has 3 rings (SSSR count). The van der Waals surface area contributed by atoms with E-state index in [1.165, 1.54) is 48.6 Å². The van der Waals surface area contributed by atoms with E-state index in [9.17, 15) is 31.5 Å². The first-order valence-corrected chi connectivity index (χ1v) is 14.2. The van der Waals surface area contributed by atoms with Gasteiger partial charge in [-0.05, 0) is 99.3 Å². The molecule has 4 N–H and O–H groups in total. The number of alkyl halides is 5. The molecule has 0 aromatic heterocycles. The molecule has 7 nitrogen and oxygen atoms in total. The van der Waals surface area contributed by atoms with Crippen molar-refractivity contribution >= 4 is 29.4 Å². The first kappa shape index (κ1) is 33.7. The van der Waals surface area contributed by atoms with Gasteiger partial charge in [-0.1, -0.05) is 12.1 Å². The Morgan fingerprint density at radius 2 is 1.40 bits per heavy atom. The molecule has 0 amide bonds. The van der Waals surface area contributed by atoms with E-state index < -0.39 is 42.5 Å². The van der Waals surface area contributed by atoms with Crippen molar-refractivity contribution in [2.24, 2.45) is 11.8 Å². The van der Waals surface area contributed by atoms with Crippen molar-refractivity contribution < 1.29 is 45.8 Å². The molecule has 0 atom stereocenters. The van der Waals surface area contributed by atoms with Crippen molar-refractivity contribution in [1.82, 2.24) is 0 Å². The van der Waals surface area contributed by atoms with Crippen molar-refractivity contribution in [3.05, 3.63) is 59.7 Å². The Kier molecular flexibility index (Phi) is 12.2. The Labute approximate surface area is 247 Å². The van der Waals surface area contributed by atoms with E-state index in [-0.39, 0.29) is 44.6 Å². The number of nitrogens with two attached hydrogens (primary N) is 2. The first-order valence-electron chi connectivity index (χ1n) is 14.2. The number of benzene rings is 2. The molecule has 1 aliphatic rings. The van der Waals surface area contributed by atoms with Gasteiger partial charge in [0, 0.05) is 23.9 Å². The van der Waals surface area contributed by atoms with Crippen LogP contribution in [0, 0.1) is 11.8 Å². The second kappa shape index (κ2) is 15.6. The molecule has 0 radical (unpaired) electrons. The average molecular weight is 613 g/mol. The molecule has 0 heterocycles. The lowest BCUT2D eigenvalue weighted by Crippen LogP contribution is -2.37. The number of hydrogen-bond acceptors (Lipinski definition) is 7. The van der Waals surface area contributed by atoms with Gasteiger partial charge in [-0.15, -0.1) is 0 Å². The van der Waals surface area contributed by atoms with Crippen LogP contribution in [0.25, 0.3) is 6.08 Å². The molecule has 1 saturated carbocycles. The van der Waals surface area contributed by atoms with Crippen LogP contribution in [0.5, 0.6) is 5.75 Å². The molecule has 12 heteroatoms. The van der Waals surface area contributed by atoms with Crippen LogP contribution in [0.2, 0.25) is 0 Å². The molecular formula is C31H37F5N2O5. The summed E-state index contributed by atoms with van der Waals surface area (Å²) < 4.78 is 82.2. The molecule has 0 aliphatic heterocycles. The van der Waals surface area contributed by atoms with E-state index >= 15 is 0 Å². The standard InChI is InChI=1S/C31H37F5N2O5/c32-30(33,34)20-22-5-10-24(11-6-22)31(35,36)43-27-12-7-21(8-13-27)9-14-28(39)41-15-3-1-2-4-16-42-29(40)23-17-25(37)19-26(38)18-23/h7-9,12-14,17-19,22,24H,1-6,10-11,15-16,20,37-38H2/b14-9+. The number of rotatable bonds is 14. The zero-order valence-corrected chi connectivity index (χ0v) is 23.7. The summed E-state index contributed by atoms with van der Waals surface area (Å²) in [7, 11) is 0. The SMILES string of the molecule is Nc1cc(N)cc(C(=O)OCCCCCCOC(=O)/C=C/c2ccc(OC(F)(F)C3CCC(CC(F)(F)F)CC3)cc2)c1. The van der Waals surface area contributed by atoms with E-state index in [4.69, 9.17) is 25.7 Å². The van der Waals surface area contributed by atoms with Crippen LogP contribution in [0.3, 0.4) is 0 Å². The maximum Gasteiger partial charge on any atom is 0.400 e. The third-order valence-corrected chi connectivity index (χ3v) is 7.12. The zero-order chi connectivity index (χ0) is 31.5.